The second kappa shape index (κ2) is 7.11. The predicted molar refractivity (Wildman–Crippen MR) is 102 cm³/mol. The van der Waals surface area contributed by atoms with Gasteiger partial charge in [0.15, 0.2) is 0 Å². The highest BCUT2D eigenvalue weighted by atomic mass is 35.5. The molecule has 2 aromatic carbocycles. The Morgan fingerprint density at radius 3 is 2.68 bits per heavy atom. The fourth-order valence-corrected chi connectivity index (χ4v) is 3.07. The lowest BCUT2D eigenvalue weighted by Crippen LogP contribution is -2.15. The number of aryl methyl sites for hydroxylation is 2. The standard InChI is InChI=1S/C20H20ClN3O/c1-4-15-8-5-7-13(2)19(15)23-20(25)18-12-22-24(14(18)3)17-10-6-9-16(21)11-17/h5-12H,4H2,1-3H3,(H,23,25). The van der Waals surface area contributed by atoms with Gasteiger partial charge in [0.05, 0.1) is 23.1 Å². The lowest BCUT2D eigenvalue weighted by Gasteiger charge is -2.13. The number of nitrogens with one attached hydrogen (secondary N) is 1. The summed E-state index contributed by atoms with van der Waals surface area (Å²) in [4.78, 5) is 12.8. The Labute approximate surface area is 152 Å². The molecule has 0 unspecified atom stereocenters. The minimum absolute atomic E-state index is 0.158. The van der Waals surface area contributed by atoms with Crippen LogP contribution in [0.3, 0.4) is 0 Å². The van der Waals surface area contributed by atoms with Crippen LogP contribution in [-0.2, 0) is 6.42 Å². The number of anilines is 1. The highest BCUT2D eigenvalue weighted by Crippen LogP contribution is 2.23. The molecule has 128 valence electrons. The largest absolute Gasteiger partial charge is 0.321 e. The summed E-state index contributed by atoms with van der Waals surface area (Å²) in [6.07, 6.45) is 2.45. The average Bonchev–Trinajstić information content (AvgIpc) is 2.98. The Morgan fingerprint density at radius 1 is 1.20 bits per heavy atom. The summed E-state index contributed by atoms with van der Waals surface area (Å²) in [5.41, 5.74) is 5.19. The number of nitrogens with zero attached hydrogens (tertiary/aromatic N) is 2. The first-order chi connectivity index (χ1) is 12.0. The van der Waals surface area contributed by atoms with Gasteiger partial charge in [-0.2, -0.15) is 5.10 Å². The zero-order valence-corrected chi connectivity index (χ0v) is 15.3. The normalized spacial score (nSPS) is 10.7. The molecule has 3 rings (SSSR count). The highest BCUT2D eigenvalue weighted by Gasteiger charge is 2.17. The molecule has 1 heterocycles. The van der Waals surface area contributed by atoms with E-state index < -0.39 is 0 Å². The van der Waals surface area contributed by atoms with Gasteiger partial charge in [-0.05, 0) is 49.6 Å². The third-order valence-corrected chi connectivity index (χ3v) is 4.52. The smallest absolute Gasteiger partial charge is 0.259 e. The van der Waals surface area contributed by atoms with E-state index in [2.05, 4.69) is 17.3 Å². The Bertz CT molecular complexity index is 930. The molecule has 0 aliphatic heterocycles. The third kappa shape index (κ3) is 3.44. The minimum atomic E-state index is -0.158. The number of rotatable bonds is 4. The average molecular weight is 354 g/mol. The van der Waals surface area contributed by atoms with Crippen molar-refractivity contribution in [2.45, 2.75) is 27.2 Å². The number of halogens is 1. The number of amides is 1. The molecular weight excluding hydrogens is 334 g/mol. The maximum absolute atomic E-state index is 12.8. The van der Waals surface area contributed by atoms with Gasteiger partial charge >= 0.3 is 0 Å². The summed E-state index contributed by atoms with van der Waals surface area (Å²) in [5, 5.41) is 8.03. The highest BCUT2D eigenvalue weighted by molar-refractivity contribution is 6.30. The molecule has 3 aromatic rings. The minimum Gasteiger partial charge on any atom is -0.321 e. The first-order valence-corrected chi connectivity index (χ1v) is 8.59. The van der Waals surface area contributed by atoms with Gasteiger partial charge < -0.3 is 5.32 Å². The van der Waals surface area contributed by atoms with E-state index in [1.54, 1.807) is 10.9 Å². The van der Waals surface area contributed by atoms with Crippen LogP contribution in [-0.4, -0.2) is 15.7 Å². The van der Waals surface area contributed by atoms with Crippen LogP contribution in [0.2, 0.25) is 5.02 Å². The van der Waals surface area contributed by atoms with Gasteiger partial charge in [-0.1, -0.05) is 42.8 Å². The van der Waals surface area contributed by atoms with Crippen molar-refractivity contribution in [1.82, 2.24) is 9.78 Å². The van der Waals surface area contributed by atoms with Crippen molar-refractivity contribution in [1.29, 1.82) is 0 Å². The van der Waals surface area contributed by atoms with E-state index in [1.165, 1.54) is 0 Å². The van der Waals surface area contributed by atoms with Crippen LogP contribution in [0.25, 0.3) is 5.69 Å². The van der Waals surface area contributed by atoms with Crippen molar-refractivity contribution in [2.75, 3.05) is 5.32 Å². The number of carbonyl (C=O) groups is 1. The molecule has 0 spiro atoms. The predicted octanol–water partition coefficient (Wildman–Crippen LogP) is 4.96. The van der Waals surface area contributed by atoms with Crippen LogP contribution >= 0.6 is 11.6 Å². The van der Waals surface area contributed by atoms with E-state index >= 15 is 0 Å². The molecule has 0 aliphatic carbocycles. The Morgan fingerprint density at radius 2 is 1.96 bits per heavy atom. The number of hydrogen-bond donors (Lipinski definition) is 1. The summed E-state index contributed by atoms with van der Waals surface area (Å²) < 4.78 is 1.72. The zero-order valence-electron chi connectivity index (χ0n) is 14.5. The fraction of sp³-hybridized carbons (Fsp3) is 0.200. The van der Waals surface area contributed by atoms with E-state index in [9.17, 15) is 4.79 Å². The molecule has 5 heteroatoms. The zero-order chi connectivity index (χ0) is 18.0. The molecular formula is C20H20ClN3O. The summed E-state index contributed by atoms with van der Waals surface area (Å²) in [5.74, 6) is -0.158. The molecule has 0 aliphatic rings. The Hall–Kier alpha value is -2.59. The van der Waals surface area contributed by atoms with Crippen LogP contribution in [0.1, 0.15) is 34.1 Å². The Balaban J connectivity index is 1.92. The number of hydrogen-bond acceptors (Lipinski definition) is 2. The van der Waals surface area contributed by atoms with Crippen molar-refractivity contribution < 1.29 is 4.79 Å². The molecule has 0 fully saturated rings. The van der Waals surface area contributed by atoms with Gasteiger partial charge in [-0.25, -0.2) is 4.68 Å². The number of aromatic nitrogens is 2. The SMILES string of the molecule is CCc1cccc(C)c1NC(=O)c1cnn(-c2cccc(Cl)c2)c1C. The first-order valence-electron chi connectivity index (χ1n) is 8.21. The van der Waals surface area contributed by atoms with Gasteiger partial charge in [-0.15, -0.1) is 0 Å². The summed E-state index contributed by atoms with van der Waals surface area (Å²) in [6.45, 7) is 5.95. The maximum Gasteiger partial charge on any atom is 0.259 e. The summed E-state index contributed by atoms with van der Waals surface area (Å²) in [6, 6.07) is 13.4. The van der Waals surface area contributed by atoms with Crippen LogP contribution in [0.15, 0.2) is 48.7 Å². The van der Waals surface area contributed by atoms with Crippen LogP contribution < -0.4 is 5.32 Å². The molecule has 0 radical (unpaired) electrons. The fourth-order valence-electron chi connectivity index (χ4n) is 2.88. The molecule has 0 atom stereocenters. The van der Waals surface area contributed by atoms with Gasteiger partial charge in [0.25, 0.3) is 5.91 Å². The lowest BCUT2D eigenvalue weighted by molar-refractivity contribution is 0.102. The van der Waals surface area contributed by atoms with Gasteiger partial charge in [0.2, 0.25) is 0 Å². The van der Waals surface area contributed by atoms with E-state index in [4.69, 9.17) is 11.6 Å². The quantitative estimate of drug-likeness (QED) is 0.720. The molecule has 25 heavy (non-hydrogen) atoms. The second-order valence-electron chi connectivity index (χ2n) is 5.95. The van der Waals surface area contributed by atoms with Crippen molar-refractivity contribution in [3.8, 4) is 5.69 Å². The van der Waals surface area contributed by atoms with Crippen molar-refractivity contribution in [3.05, 3.63) is 76.1 Å². The van der Waals surface area contributed by atoms with Gasteiger partial charge in [0.1, 0.15) is 0 Å². The van der Waals surface area contributed by atoms with E-state index in [-0.39, 0.29) is 5.91 Å². The Kier molecular flexibility index (Phi) is 4.91. The monoisotopic (exact) mass is 353 g/mol. The van der Waals surface area contributed by atoms with Gasteiger partial charge in [-0.3, -0.25) is 4.79 Å². The lowest BCUT2D eigenvalue weighted by atomic mass is 10.1. The second-order valence-corrected chi connectivity index (χ2v) is 6.39. The first kappa shape index (κ1) is 17.2. The van der Waals surface area contributed by atoms with Crippen molar-refractivity contribution in [2.24, 2.45) is 0 Å². The van der Waals surface area contributed by atoms with E-state index in [0.717, 1.165) is 34.6 Å². The number of carbonyl (C=O) groups excluding carboxylic acids is 1. The molecule has 1 aromatic heterocycles. The molecule has 0 saturated heterocycles. The van der Waals surface area contributed by atoms with E-state index in [0.29, 0.717) is 10.6 Å². The van der Waals surface area contributed by atoms with E-state index in [1.807, 2.05) is 56.3 Å². The van der Waals surface area contributed by atoms with Crippen LogP contribution in [0, 0.1) is 13.8 Å². The molecule has 0 bridgehead atoms. The molecule has 1 amide bonds. The summed E-state index contributed by atoms with van der Waals surface area (Å²) >= 11 is 6.05. The number of benzene rings is 2. The third-order valence-electron chi connectivity index (χ3n) is 4.29. The number of para-hydroxylation sites is 1. The maximum atomic E-state index is 12.8. The molecule has 1 N–H and O–H groups in total. The molecule has 0 saturated carbocycles. The van der Waals surface area contributed by atoms with Crippen LogP contribution in [0.4, 0.5) is 5.69 Å². The molecule has 4 nitrogen and oxygen atoms in total. The van der Waals surface area contributed by atoms with Gasteiger partial charge in [0, 0.05) is 10.7 Å². The summed E-state index contributed by atoms with van der Waals surface area (Å²) in [7, 11) is 0. The van der Waals surface area contributed by atoms with Crippen LogP contribution in [0.5, 0.6) is 0 Å². The van der Waals surface area contributed by atoms with Crippen molar-refractivity contribution >= 4 is 23.2 Å². The topological polar surface area (TPSA) is 46.9 Å². The van der Waals surface area contributed by atoms with Crippen molar-refractivity contribution in [3.63, 3.8) is 0 Å².